The summed E-state index contributed by atoms with van der Waals surface area (Å²) in [6.07, 6.45) is -3.08. The minimum Gasteiger partial charge on any atom is -0.340 e. The predicted octanol–water partition coefficient (Wildman–Crippen LogP) is 3.07. The molecule has 3 rings (SSSR count). The van der Waals surface area contributed by atoms with E-state index >= 15 is 0 Å². The fourth-order valence-electron chi connectivity index (χ4n) is 2.65. The molecule has 1 aromatic heterocycles. The largest absolute Gasteiger partial charge is 0.416 e. The van der Waals surface area contributed by atoms with Crippen LogP contribution in [0.25, 0.3) is 10.9 Å². The predicted molar refractivity (Wildman–Crippen MR) is 93.9 cm³/mol. The Kier molecular flexibility index (Phi) is 4.98. The monoisotopic (exact) mass is 375 g/mol. The summed E-state index contributed by atoms with van der Waals surface area (Å²) >= 11 is 0. The third-order valence-electron chi connectivity index (χ3n) is 4.16. The molecule has 0 N–H and O–H groups in total. The fraction of sp³-hybridized carbons (Fsp3) is 0.211. The lowest BCUT2D eigenvalue weighted by atomic mass is 10.1. The normalized spacial score (nSPS) is 11.6. The van der Waals surface area contributed by atoms with E-state index in [1.165, 1.54) is 35.0 Å². The molecule has 0 atom stereocenters. The van der Waals surface area contributed by atoms with Gasteiger partial charge in [0.1, 0.15) is 6.54 Å². The average Bonchev–Trinajstić information content (AvgIpc) is 2.64. The van der Waals surface area contributed by atoms with E-state index in [9.17, 15) is 22.8 Å². The summed E-state index contributed by atoms with van der Waals surface area (Å²) in [5, 5.41) is 0.415. The van der Waals surface area contributed by atoms with Crippen molar-refractivity contribution < 1.29 is 18.0 Å². The molecule has 0 unspecified atom stereocenters. The molecule has 0 spiro atoms. The molecule has 27 heavy (non-hydrogen) atoms. The lowest BCUT2D eigenvalue weighted by molar-refractivity contribution is -0.137. The van der Waals surface area contributed by atoms with Gasteiger partial charge in [-0.2, -0.15) is 13.2 Å². The Morgan fingerprint density at radius 3 is 2.44 bits per heavy atom. The van der Waals surface area contributed by atoms with Crippen molar-refractivity contribution in [1.82, 2.24) is 14.5 Å². The van der Waals surface area contributed by atoms with Crippen LogP contribution >= 0.6 is 0 Å². The molecule has 1 heterocycles. The molecule has 0 saturated heterocycles. The Morgan fingerprint density at radius 1 is 1.11 bits per heavy atom. The maximum absolute atomic E-state index is 12.6. The molecule has 0 aliphatic carbocycles. The van der Waals surface area contributed by atoms with Gasteiger partial charge in [-0.25, -0.2) is 4.98 Å². The van der Waals surface area contributed by atoms with E-state index in [4.69, 9.17) is 0 Å². The van der Waals surface area contributed by atoms with E-state index in [2.05, 4.69) is 4.98 Å². The number of carbonyl (C=O) groups excluding carboxylic acids is 1. The molecular weight excluding hydrogens is 359 g/mol. The molecule has 0 saturated carbocycles. The highest BCUT2D eigenvalue weighted by Crippen LogP contribution is 2.29. The number of aromatic nitrogens is 2. The van der Waals surface area contributed by atoms with Gasteiger partial charge in [0.2, 0.25) is 5.91 Å². The molecule has 0 aliphatic rings. The number of likely N-dealkylation sites (N-methyl/N-ethyl adjacent to an activating group) is 1. The van der Waals surface area contributed by atoms with Gasteiger partial charge >= 0.3 is 6.18 Å². The molecule has 0 fully saturated rings. The fourth-order valence-corrected chi connectivity index (χ4v) is 2.65. The molecule has 0 radical (unpaired) electrons. The zero-order valence-electron chi connectivity index (χ0n) is 14.4. The summed E-state index contributed by atoms with van der Waals surface area (Å²) in [5.74, 6) is -0.353. The Balaban J connectivity index is 1.71. The third kappa shape index (κ3) is 4.16. The number of amides is 1. The van der Waals surface area contributed by atoms with E-state index in [0.717, 1.165) is 12.1 Å². The second-order valence-electron chi connectivity index (χ2n) is 6.14. The number of hydrogen-bond acceptors (Lipinski definition) is 3. The quantitative estimate of drug-likeness (QED) is 0.704. The number of para-hydroxylation sites is 1. The summed E-state index contributed by atoms with van der Waals surface area (Å²) in [4.78, 5) is 30.3. The van der Waals surface area contributed by atoms with Crippen LogP contribution in [-0.4, -0.2) is 27.4 Å². The number of rotatable bonds is 4. The van der Waals surface area contributed by atoms with Crippen LogP contribution in [0.1, 0.15) is 11.1 Å². The zero-order chi connectivity index (χ0) is 19.6. The van der Waals surface area contributed by atoms with Crippen LogP contribution in [0.5, 0.6) is 0 Å². The van der Waals surface area contributed by atoms with Crippen molar-refractivity contribution in [2.45, 2.75) is 19.3 Å². The Morgan fingerprint density at radius 2 is 1.78 bits per heavy atom. The number of nitrogens with zero attached hydrogens (tertiary/aromatic N) is 3. The first-order valence-electron chi connectivity index (χ1n) is 8.10. The number of hydrogen-bond donors (Lipinski definition) is 0. The van der Waals surface area contributed by atoms with E-state index in [1.807, 2.05) is 0 Å². The molecule has 0 bridgehead atoms. The first-order valence-corrected chi connectivity index (χ1v) is 8.10. The summed E-state index contributed by atoms with van der Waals surface area (Å²) < 4.78 is 39.0. The second-order valence-corrected chi connectivity index (χ2v) is 6.14. The van der Waals surface area contributed by atoms with Gasteiger partial charge in [-0.3, -0.25) is 14.2 Å². The summed E-state index contributed by atoms with van der Waals surface area (Å²) in [5.41, 5.74) is 0.0399. The summed E-state index contributed by atoms with van der Waals surface area (Å²) in [7, 11) is 1.53. The van der Waals surface area contributed by atoms with Gasteiger partial charge in [-0.1, -0.05) is 24.3 Å². The lowest BCUT2D eigenvalue weighted by Crippen LogP contribution is -2.33. The van der Waals surface area contributed by atoms with Crippen LogP contribution in [0.2, 0.25) is 0 Å². The zero-order valence-corrected chi connectivity index (χ0v) is 14.4. The average molecular weight is 375 g/mol. The minimum absolute atomic E-state index is 0.132. The highest BCUT2D eigenvalue weighted by Gasteiger charge is 2.30. The van der Waals surface area contributed by atoms with Crippen LogP contribution in [0, 0.1) is 0 Å². The van der Waals surface area contributed by atoms with Crippen molar-refractivity contribution in [1.29, 1.82) is 0 Å². The van der Waals surface area contributed by atoms with Gasteiger partial charge in [0, 0.05) is 13.6 Å². The first-order chi connectivity index (χ1) is 12.8. The summed E-state index contributed by atoms with van der Waals surface area (Å²) in [6.45, 7) is -0.0689. The van der Waals surface area contributed by atoms with Crippen LogP contribution in [0.3, 0.4) is 0 Å². The molecule has 0 aliphatic heterocycles. The topological polar surface area (TPSA) is 55.2 Å². The molecule has 5 nitrogen and oxygen atoms in total. The minimum atomic E-state index is -4.40. The van der Waals surface area contributed by atoms with Gasteiger partial charge in [0.05, 0.1) is 22.8 Å². The molecular formula is C19H16F3N3O2. The van der Waals surface area contributed by atoms with Gasteiger partial charge in [-0.05, 0) is 29.8 Å². The molecule has 3 aromatic rings. The molecule has 140 valence electrons. The Bertz CT molecular complexity index is 1030. The van der Waals surface area contributed by atoms with Crippen molar-refractivity contribution in [3.63, 3.8) is 0 Å². The first kappa shape index (κ1) is 18.6. The smallest absolute Gasteiger partial charge is 0.340 e. The number of alkyl halides is 3. The van der Waals surface area contributed by atoms with E-state index in [-0.39, 0.29) is 24.6 Å². The summed E-state index contributed by atoms with van der Waals surface area (Å²) in [6, 6.07) is 11.4. The van der Waals surface area contributed by atoms with Gasteiger partial charge in [-0.15, -0.1) is 0 Å². The van der Waals surface area contributed by atoms with Gasteiger partial charge < -0.3 is 4.90 Å². The van der Waals surface area contributed by atoms with Gasteiger partial charge in [0.15, 0.2) is 0 Å². The highest BCUT2D eigenvalue weighted by molar-refractivity contribution is 5.78. The number of carbonyl (C=O) groups is 1. The number of halogens is 3. The third-order valence-corrected chi connectivity index (χ3v) is 4.16. The van der Waals surface area contributed by atoms with E-state index < -0.39 is 11.7 Å². The van der Waals surface area contributed by atoms with E-state index in [0.29, 0.717) is 16.5 Å². The maximum atomic E-state index is 12.6. The lowest BCUT2D eigenvalue weighted by Gasteiger charge is -2.18. The van der Waals surface area contributed by atoms with Crippen molar-refractivity contribution in [2.75, 3.05) is 7.05 Å². The van der Waals surface area contributed by atoms with Crippen molar-refractivity contribution in [3.05, 3.63) is 76.3 Å². The number of benzene rings is 2. The van der Waals surface area contributed by atoms with Crippen molar-refractivity contribution in [2.24, 2.45) is 0 Å². The maximum Gasteiger partial charge on any atom is 0.416 e. The molecule has 2 aromatic carbocycles. The van der Waals surface area contributed by atoms with Crippen molar-refractivity contribution in [3.8, 4) is 0 Å². The van der Waals surface area contributed by atoms with Crippen LogP contribution in [0.4, 0.5) is 13.2 Å². The van der Waals surface area contributed by atoms with Crippen molar-refractivity contribution >= 4 is 16.8 Å². The van der Waals surface area contributed by atoms with Crippen LogP contribution in [0.15, 0.2) is 59.7 Å². The number of fused-ring (bicyclic) bond motifs is 1. The second kappa shape index (κ2) is 7.22. The Hall–Kier alpha value is -3.16. The van der Waals surface area contributed by atoms with Gasteiger partial charge in [0.25, 0.3) is 5.56 Å². The van der Waals surface area contributed by atoms with E-state index in [1.54, 1.807) is 24.3 Å². The Labute approximate surface area is 152 Å². The van der Waals surface area contributed by atoms with Crippen LogP contribution in [-0.2, 0) is 24.1 Å². The standard InChI is InChI=1S/C19H16F3N3O2/c1-24(10-13-6-8-14(9-7-13)19(20,21)22)17(26)11-25-12-23-16-5-3-2-4-15(16)18(25)27/h2-9,12H,10-11H2,1H3. The SMILES string of the molecule is CN(Cc1ccc(C(F)(F)F)cc1)C(=O)Cn1cnc2ccccc2c1=O. The highest BCUT2D eigenvalue weighted by atomic mass is 19.4. The van der Waals surface area contributed by atoms with Crippen LogP contribution < -0.4 is 5.56 Å². The molecule has 1 amide bonds. The molecule has 8 heteroatoms.